The summed E-state index contributed by atoms with van der Waals surface area (Å²) in [7, 11) is 0. The van der Waals surface area contributed by atoms with E-state index in [4.69, 9.17) is 4.74 Å². The minimum absolute atomic E-state index is 0.00560. The van der Waals surface area contributed by atoms with E-state index in [1.54, 1.807) is 31.3 Å². The lowest BCUT2D eigenvalue weighted by atomic mass is 10.1. The molecule has 0 saturated heterocycles. The maximum absolute atomic E-state index is 12.3. The lowest BCUT2D eigenvalue weighted by Gasteiger charge is -2.07. The number of ether oxygens (including phenoxy) is 1. The highest BCUT2D eigenvalue weighted by Gasteiger charge is 2.38. The van der Waals surface area contributed by atoms with Gasteiger partial charge in [0.25, 0.3) is 0 Å². The van der Waals surface area contributed by atoms with Crippen molar-refractivity contribution in [1.82, 2.24) is 5.32 Å². The van der Waals surface area contributed by atoms with Gasteiger partial charge in [0.05, 0.1) is 6.61 Å². The van der Waals surface area contributed by atoms with E-state index in [1.807, 2.05) is 20.8 Å². The normalized spacial score (nSPS) is 10.7. The number of esters is 1. The summed E-state index contributed by atoms with van der Waals surface area (Å²) in [5, 5.41) is 5.05. The molecular formula is C34H53F3N2O3. The molecule has 0 heterocycles. The molecule has 0 aromatic heterocycles. The zero-order valence-corrected chi connectivity index (χ0v) is 27.2. The van der Waals surface area contributed by atoms with Gasteiger partial charge >= 0.3 is 18.1 Å². The minimum atomic E-state index is -4.96. The molecule has 0 bridgehead atoms. The number of hydrogen-bond acceptors (Lipinski definition) is 4. The van der Waals surface area contributed by atoms with Gasteiger partial charge in [-0.1, -0.05) is 85.3 Å². The maximum Gasteiger partial charge on any atom is 0.471 e. The molecule has 42 heavy (non-hydrogen) atoms. The van der Waals surface area contributed by atoms with Crippen LogP contribution in [0.2, 0.25) is 0 Å². The summed E-state index contributed by atoms with van der Waals surface area (Å²) >= 11 is 0. The maximum atomic E-state index is 12.3. The largest absolute Gasteiger partial charge is 0.471 e. The summed E-state index contributed by atoms with van der Waals surface area (Å²) in [5.74, 6) is 3.29. The molecule has 0 spiro atoms. The molecule has 0 radical (unpaired) electrons. The van der Waals surface area contributed by atoms with Crippen LogP contribution in [0.15, 0.2) is 59.7 Å². The highest BCUT2D eigenvalue weighted by atomic mass is 19.4. The number of nitrogens with one attached hydrogen (secondary N) is 2. The molecule has 238 valence electrons. The molecule has 0 aliphatic carbocycles. The van der Waals surface area contributed by atoms with Crippen LogP contribution in [0.25, 0.3) is 0 Å². The first-order valence-corrected chi connectivity index (χ1v) is 14.9. The number of halogens is 3. The highest BCUT2D eigenvalue weighted by molar-refractivity contribution is 5.94. The quantitative estimate of drug-likeness (QED) is 0.0881. The smallest absolute Gasteiger partial charge is 0.463 e. The van der Waals surface area contributed by atoms with Crippen molar-refractivity contribution in [1.29, 1.82) is 0 Å². The van der Waals surface area contributed by atoms with Gasteiger partial charge in [0.1, 0.15) is 0 Å². The molecule has 0 unspecified atom stereocenters. The number of allylic oxidation sites excluding steroid dienone is 4. The standard InChI is InChI=1S/C22H22F3NO3.C6H15N.C4H10.C2H6/c1-5-15(3)13-18(14-16(4)20(27)29-6-2)8-7-17-9-11-19(12-10-17)26-21(28)22(23,24)25;1-3-5-7-6-4-2;1-3-4-2;1-2/h9-14H,3,5-6H2,1-2,4H3,(H,26,28);7H,3-6H2,1-2H3;3-4H2,1-2H3;1-2H3/b16-14+,18-13-;;;. The van der Waals surface area contributed by atoms with E-state index in [0.717, 1.165) is 5.57 Å². The molecule has 1 aromatic carbocycles. The van der Waals surface area contributed by atoms with E-state index in [2.05, 4.69) is 51.4 Å². The topological polar surface area (TPSA) is 67.4 Å². The van der Waals surface area contributed by atoms with Crippen LogP contribution in [0.3, 0.4) is 0 Å². The van der Waals surface area contributed by atoms with Crippen LogP contribution in [-0.2, 0) is 14.3 Å². The van der Waals surface area contributed by atoms with Gasteiger partial charge < -0.3 is 15.4 Å². The van der Waals surface area contributed by atoms with Gasteiger partial charge in [-0.3, -0.25) is 4.79 Å². The van der Waals surface area contributed by atoms with E-state index in [0.29, 0.717) is 23.1 Å². The van der Waals surface area contributed by atoms with Gasteiger partial charge in [-0.25, -0.2) is 4.79 Å². The van der Waals surface area contributed by atoms with Gasteiger partial charge in [-0.15, -0.1) is 0 Å². The molecule has 5 nitrogen and oxygen atoms in total. The first kappa shape index (κ1) is 43.1. The monoisotopic (exact) mass is 594 g/mol. The number of hydrogen-bond donors (Lipinski definition) is 2. The number of amides is 1. The Morgan fingerprint density at radius 1 is 0.905 bits per heavy atom. The van der Waals surface area contributed by atoms with Crippen molar-refractivity contribution in [3.8, 4) is 11.8 Å². The second kappa shape index (κ2) is 27.8. The summed E-state index contributed by atoms with van der Waals surface area (Å²) in [6.07, 6.45) is 4.21. The Labute approximate surface area is 253 Å². The van der Waals surface area contributed by atoms with Crippen LogP contribution in [0.4, 0.5) is 18.9 Å². The molecular weight excluding hydrogens is 541 g/mol. The summed E-state index contributed by atoms with van der Waals surface area (Å²) in [4.78, 5) is 22.7. The van der Waals surface area contributed by atoms with Crippen LogP contribution in [0.1, 0.15) is 100.0 Å². The summed E-state index contributed by atoms with van der Waals surface area (Å²) in [5.41, 5.74) is 2.25. The molecule has 0 fully saturated rings. The van der Waals surface area contributed by atoms with Crippen LogP contribution < -0.4 is 10.6 Å². The minimum Gasteiger partial charge on any atom is -0.463 e. The lowest BCUT2D eigenvalue weighted by molar-refractivity contribution is -0.167. The van der Waals surface area contributed by atoms with E-state index in [-0.39, 0.29) is 12.3 Å². The van der Waals surface area contributed by atoms with Crippen molar-refractivity contribution >= 4 is 17.6 Å². The predicted molar refractivity (Wildman–Crippen MR) is 171 cm³/mol. The molecule has 1 amide bonds. The second-order valence-corrected chi connectivity index (χ2v) is 8.69. The number of alkyl halides is 3. The third-order valence-corrected chi connectivity index (χ3v) is 4.89. The van der Waals surface area contributed by atoms with Crippen molar-refractivity contribution in [2.75, 3.05) is 25.0 Å². The molecule has 1 aromatic rings. The van der Waals surface area contributed by atoms with Crippen LogP contribution in [0, 0.1) is 11.8 Å². The fourth-order valence-electron chi connectivity index (χ4n) is 2.43. The Balaban J connectivity index is -0.000000977. The number of carbonyl (C=O) groups is 2. The van der Waals surface area contributed by atoms with Crippen molar-refractivity contribution in [2.45, 2.75) is 101 Å². The van der Waals surface area contributed by atoms with Crippen molar-refractivity contribution in [3.05, 3.63) is 65.3 Å². The Kier molecular flexibility index (Phi) is 28.6. The van der Waals surface area contributed by atoms with Crippen molar-refractivity contribution in [2.24, 2.45) is 0 Å². The molecule has 0 aliphatic rings. The Morgan fingerprint density at radius 2 is 1.43 bits per heavy atom. The molecule has 2 N–H and O–H groups in total. The van der Waals surface area contributed by atoms with Crippen molar-refractivity contribution in [3.63, 3.8) is 0 Å². The average Bonchev–Trinajstić information content (AvgIpc) is 2.97. The molecule has 0 atom stereocenters. The van der Waals surface area contributed by atoms with E-state index < -0.39 is 18.1 Å². The predicted octanol–water partition coefficient (Wildman–Crippen LogP) is 9.17. The first-order valence-electron chi connectivity index (χ1n) is 14.9. The van der Waals surface area contributed by atoms with Gasteiger partial charge in [-0.2, -0.15) is 13.2 Å². The zero-order valence-electron chi connectivity index (χ0n) is 27.2. The Bertz CT molecular complexity index is 994. The fraction of sp³-hybridized carbons (Fsp3) is 0.529. The summed E-state index contributed by atoms with van der Waals surface area (Å²) < 4.78 is 41.8. The summed E-state index contributed by atoms with van der Waals surface area (Å²) in [6.45, 7) is 24.5. The number of carbonyl (C=O) groups excluding carboxylic acids is 2. The Morgan fingerprint density at radius 3 is 1.83 bits per heavy atom. The zero-order chi connectivity index (χ0) is 33.0. The van der Waals surface area contributed by atoms with Gasteiger partial charge in [-0.05, 0) is 82.6 Å². The Hall–Kier alpha value is -3.31. The molecule has 0 aliphatic heterocycles. The van der Waals surface area contributed by atoms with Crippen LogP contribution >= 0.6 is 0 Å². The third-order valence-electron chi connectivity index (χ3n) is 4.89. The first-order chi connectivity index (χ1) is 19.9. The molecule has 8 heteroatoms. The van der Waals surface area contributed by atoms with E-state index in [9.17, 15) is 22.8 Å². The summed E-state index contributed by atoms with van der Waals surface area (Å²) in [6, 6.07) is 5.60. The van der Waals surface area contributed by atoms with Gasteiger partial charge in [0.15, 0.2) is 0 Å². The molecule has 0 saturated carbocycles. The molecule has 1 rings (SSSR count). The van der Waals surface area contributed by atoms with Crippen molar-refractivity contribution < 1.29 is 27.5 Å². The SMILES string of the molecule is C=C(/C=C(C#Cc1ccc(NC(=O)C(F)(F)F)cc1)\C=C(/C)C(=O)OCC)CC.CC.CCCC.CCCNCCC. The lowest BCUT2D eigenvalue weighted by Crippen LogP contribution is -2.29. The van der Waals surface area contributed by atoms with Crippen LogP contribution in [0.5, 0.6) is 0 Å². The fourth-order valence-corrected chi connectivity index (χ4v) is 2.43. The van der Waals surface area contributed by atoms with E-state index in [1.165, 1.54) is 63.0 Å². The van der Waals surface area contributed by atoms with Crippen LogP contribution in [-0.4, -0.2) is 37.7 Å². The average molecular weight is 595 g/mol. The third kappa shape index (κ3) is 24.5. The number of rotatable bonds is 11. The van der Waals surface area contributed by atoms with Gasteiger partial charge in [0.2, 0.25) is 0 Å². The number of benzene rings is 1. The van der Waals surface area contributed by atoms with Gasteiger partial charge in [0, 0.05) is 22.4 Å². The second-order valence-electron chi connectivity index (χ2n) is 8.69. The number of anilines is 1. The number of unbranched alkanes of at least 4 members (excludes halogenated alkanes) is 1. The van der Waals surface area contributed by atoms with E-state index >= 15 is 0 Å². The highest BCUT2D eigenvalue weighted by Crippen LogP contribution is 2.18.